The van der Waals surface area contributed by atoms with Gasteiger partial charge in [0.1, 0.15) is 23.2 Å². The van der Waals surface area contributed by atoms with Gasteiger partial charge in [-0.3, -0.25) is 0 Å². The highest BCUT2D eigenvalue weighted by molar-refractivity contribution is 5.92. The molecule has 1 aliphatic heterocycles. The molecular formula is C18H19FN2O3. The van der Waals surface area contributed by atoms with Gasteiger partial charge in [-0.1, -0.05) is 12.1 Å². The third kappa shape index (κ3) is 2.98. The SMILES string of the molecule is CCOC(=O)C1=C(C)OC(N)=C(C#N)C1c1cc(C)c(F)c(C)c1. The molecule has 24 heavy (non-hydrogen) atoms. The van der Waals surface area contributed by atoms with E-state index in [1.54, 1.807) is 39.8 Å². The van der Waals surface area contributed by atoms with Crippen LogP contribution in [0.5, 0.6) is 0 Å². The number of carbonyl (C=O) groups is 1. The summed E-state index contributed by atoms with van der Waals surface area (Å²) < 4.78 is 24.4. The predicted molar refractivity (Wildman–Crippen MR) is 85.9 cm³/mol. The average molecular weight is 330 g/mol. The number of rotatable bonds is 3. The first-order valence-corrected chi connectivity index (χ1v) is 7.53. The molecule has 0 aliphatic carbocycles. The molecule has 1 atom stereocenters. The second-order valence-corrected chi connectivity index (χ2v) is 5.58. The van der Waals surface area contributed by atoms with E-state index in [0.717, 1.165) is 0 Å². The van der Waals surface area contributed by atoms with Gasteiger partial charge in [0.15, 0.2) is 0 Å². The van der Waals surface area contributed by atoms with Crippen molar-refractivity contribution in [2.45, 2.75) is 33.6 Å². The first kappa shape index (κ1) is 17.5. The maximum Gasteiger partial charge on any atom is 0.338 e. The zero-order valence-corrected chi connectivity index (χ0v) is 14.1. The summed E-state index contributed by atoms with van der Waals surface area (Å²) in [7, 11) is 0. The van der Waals surface area contributed by atoms with Gasteiger partial charge in [-0.2, -0.15) is 5.26 Å². The minimum Gasteiger partial charge on any atom is -0.463 e. The van der Waals surface area contributed by atoms with Crippen LogP contribution in [0.15, 0.2) is 34.9 Å². The van der Waals surface area contributed by atoms with Gasteiger partial charge in [0.25, 0.3) is 0 Å². The number of allylic oxidation sites excluding steroid dienone is 2. The van der Waals surface area contributed by atoms with E-state index in [9.17, 15) is 14.4 Å². The minimum absolute atomic E-state index is 0.0623. The molecule has 1 unspecified atom stereocenters. The van der Waals surface area contributed by atoms with Crippen LogP contribution in [0.3, 0.4) is 0 Å². The Kier molecular flexibility index (Phi) is 4.93. The van der Waals surface area contributed by atoms with Gasteiger partial charge in [0.05, 0.1) is 18.1 Å². The molecule has 0 amide bonds. The zero-order chi connectivity index (χ0) is 18.0. The highest BCUT2D eigenvalue weighted by atomic mass is 19.1. The Bertz CT molecular complexity index is 780. The van der Waals surface area contributed by atoms with Crippen molar-refractivity contribution in [1.29, 1.82) is 5.26 Å². The van der Waals surface area contributed by atoms with E-state index < -0.39 is 11.9 Å². The fraction of sp³-hybridized carbons (Fsp3) is 0.333. The summed E-state index contributed by atoms with van der Waals surface area (Å²) in [6.07, 6.45) is 0. The second kappa shape index (κ2) is 6.75. The molecule has 5 nitrogen and oxygen atoms in total. The maximum absolute atomic E-state index is 14.0. The molecule has 1 aromatic rings. The summed E-state index contributed by atoms with van der Waals surface area (Å²) in [5.74, 6) is -1.44. The number of hydrogen-bond acceptors (Lipinski definition) is 5. The van der Waals surface area contributed by atoms with Crippen LogP contribution < -0.4 is 5.73 Å². The van der Waals surface area contributed by atoms with Crippen LogP contribution in [0.25, 0.3) is 0 Å². The summed E-state index contributed by atoms with van der Waals surface area (Å²) in [5.41, 5.74) is 7.57. The Morgan fingerprint density at radius 3 is 2.46 bits per heavy atom. The molecule has 126 valence electrons. The molecule has 0 saturated carbocycles. The number of ether oxygens (including phenoxy) is 2. The molecule has 1 heterocycles. The highest BCUT2D eigenvalue weighted by Gasteiger charge is 2.36. The molecule has 1 aromatic carbocycles. The standard InChI is InChI=1S/C18H19FN2O3/c1-5-23-18(22)14-11(4)24-17(21)13(8-20)15(14)12-6-9(2)16(19)10(3)7-12/h6-7,15H,5,21H2,1-4H3. The lowest BCUT2D eigenvalue weighted by atomic mass is 9.82. The van der Waals surface area contributed by atoms with E-state index in [4.69, 9.17) is 15.2 Å². The van der Waals surface area contributed by atoms with Crippen LogP contribution in [0.4, 0.5) is 4.39 Å². The molecule has 2 rings (SSSR count). The number of nitrogens with two attached hydrogens (primary N) is 1. The van der Waals surface area contributed by atoms with Crippen molar-refractivity contribution in [2.75, 3.05) is 6.61 Å². The van der Waals surface area contributed by atoms with Crippen LogP contribution in [-0.2, 0) is 14.3 Å². The third-order valence-corrected chi connectivity index (χ3v) is 3.89. The molecule has 1 aliphatic rings. The summed E-state index contributed by atoms with van der Waals surface area (Å²) in [4.78, 5) is 12.4. The van der Waals surface area contributed by atoms with Crippen molar-refractivity contribution in [1.82, 2.24) is 0 Å². The number of carbonyl (C=O) groups excluding carboxylic acids is 1. The van der Waals surface area contributed by atoms with Crippen LogP contribution in [-0.4, -0.2) is 12.6 Å². The molecule has 0 radical (unpaired) electrons. The largest absolute Gasteiger partial charge is 0.463 e. The van der Waals surface area contributed by atoms with E-state index in [1.165, 1.54) is 0 Å². The van der Waals surface area contributed by atoms with Gasteiger partial charge in [0.2, 0.25) is 5.88 Å². The average Bonchev–Trinajstić information content (AvgIpc) is 2.51. The second-order valence-electron chi connectivity index (χ2n) is 5.58. The Morgan fingerprint density at radius 2 is 1.96 bits per heavy atom. The molecular weight excluding hydrogens is 311 g/mol. The fourth-order valence-corrected chi connectivity index (χ4v) is 2.83. The van der Waals surface area contributed by atoms with E-state index >= 15 is 0 Å². The number of nitrogens with zero attached hydrogens (tertiary/aromatic N) is 1. The van der Waals surface area contributed by atoms with Crippen LogP contribution in [0.2, 0.25) is 0 Å². The van der Waals surface area contributed by atoms with Crippen LogP contribution in [0, 0.1) is 31.0 Å². The predicted octanol–water partition coefficient (Wildman–Crippen LogP) is 3.09. The summed E-state index contributed by atoms with van der Waals surface area (Å²) >= 11 is 0. The number of aryl methyl sites for hydroxylation is 2. The van der Waals surface area contributed by atoms with E-state index in [1.807, 2.05) is 6.07 Å². The lowest BCUT2D eigenvalue weighted by molar-refractivity contribution is -0.139. The summed E-state index contributed by atoms with van der Waals surface area (Å²) in [6.45, 7) is 6.72. The Hall–Kier alpha value is -2.81. The summed E-state index contributed by atoms with van der Waals surface area (Å²) in [5, 5.41) is 9.49. The first-order valence-electron chi connectivity index (χ1n) is 7.53. The smallest absolute Gasteiger partial charge is 0.338 e. The van der Waals surface area contributed by atoms with Crippen molar-refractivity contribution in [3.8, 4) is 6.07 Å². The Morgan fingerprint density at radius 1 is 1.38 bits per heavy atom. The van der Waals surface area contributed by atoms with Crippen molar-refractivity contribution in [3.63, 3.8) is 0 Å². The number of benzene rings is 1. The topological polar surface area (TPSA) is 85.3 Å². The highest BCUT2D eigenvalue weighted by Crippen LogP contribution is 2.40. The van der Waals surface area contributed by atoms with Gasteiger partial charge in [-0.15, -0.1) is 0 Å². The minimum atomic E-state index is -0.749. The van der Waals surface area contributed by atoms with Gasteiger partial charge in [-0.25, -0.2) is 9.18 Å². The van der Waals surface area contributed by atoms with E-state index in [0.29, 0.717) is 16.7 Å². The van der Waals surface area contributed by atoms with Gasteiger partial charge in [-0.05, 0) is 44.4 Å². The molecule has 0 bridgehead atoms. The van der Waals surface area contributed by atoms with Crippen molar-refractivity contribution in [2.24, 2.45) is 5.73 Å². The number of halogens is 1. The van der Waals surface area contributed by atoms with Gasteiger partial charge >= 0.3 is 5.97 Å². The molecule has 6 heteroatoms. The fourth-order valence-electron chi connectivity index (χ4n) is 2.83. The lowest BCUT2D eigenvalue weighted by Gasteiger charge is -2.27. The van der Waals surface area contributed by atoms with Crippen LogP contribution >= 0.6 is 0 Å². The van der Waals surface area contributed by atoms with Crippen molar-refractivity contribution in [3.05, 3.63) is 57.4 Å². The zero-order valence-electron chi connectivity index (χ0n) is 14.1. The van der Waals surface area contributed by atoms with Gasteiger partial charge in [0, 0.05) is 0 Å². The van der Waals surface area contributed by atoms with E-state index in [2.05, 4.69) is 0 Å². The maximum atomic E-state index is 14.0. The monoisotopic (exact) mass is 330 g/mol. The van der Waals surface area contributed by atoms with E-state index in [-0.39, 0.29) is 35.2 Å². The molecule has 0 spiro atoms. The van der Waals surface area contributed by atoms with Crippen LogP contribution in [0.1, 0.15) is 36.5 Å². The number of nitriles is 1. The quantitative estimate of drug-likeness (QED) is 0.861. The number of esters is 1. The lowest BCUT2D eigenvalue weighted by Crippen LogP contribution is -2.25. The Balaban J connectivity index is 2.69. The first-order chi connectivity index (χ1) is 11.3. The Labute approximate surface area is 140 Å². The molecule has 0 aromatic heterocycles. The molecule has 0 saturated heterocycles. The summed E-state index contributed by atoms with van der Waals surface area (Å²) in [6, 6.07) is 5.21. The van der Waals surface area contributed by atoms with Gasteiger partial charge < -0.3 is 15.2 Å². The molecule has 2 N–H and O–H groups in total. The molecule has 0 fully saturated rings. The van der Waals surface area contributed by atoms with Crippen molar-refractivity contribution >= 4 is 5.97 Å². The third-order valence-electron chi connectivity index (χ3n) is 3.89. The van der Waals surface area contributed by atoms with Crippen molar-refractivity contribution < 1.29 is 18.7 Å². The normalized spacial score (nSPS) is 17.4. The number of hydrogen-bond donors (Lipinski definition) is 1.